The molecule has 2 rings (SSSR count). The largest absolute Gasteiger partial charge is 0.350 e. The van der Waals surface area contributed by atoms with Gasteiger partial charge < -0.3 is 5.32 Å². The Labute approximate surface area is 123 Å². The highest BCUT2D eigenvalue weighted by molar-refractivity contribution is 9.10. The maximum absolute atomic E-state index is 12.2. The lowest BCUT2D eigenvalue weighted by atomic mass is 10.1. The Balaban J connectivity index is 1.92. The number of likely N-dealkylation sites (tertiary alicyclic amines) is 1. The molecule has 0 bridgehead atoms. The van der Waals surface area contributed by atoms with Crippen LogP contribution in [0, 0.1) is 6.92 Å². The molecule has 1 fully saturated rings. The van der Waals surface area contributed by atoms with Crippen molar-refractivity contribution in [3.63, 3.8) is 0 Å². The minimum absolute atomic E-state index is 0.00150. The number of amides is 1. The highest BCUT2D eigenvalue weighted by Crippen LogP contribution is 2.20. The molecule has 3 nitrogen and oxygen atoms in total. The highest BCUT2D eigenvalue weighted by atomic mass is 79.9. The quantitative estimate of drug-likeness (QED) is 0.923. The molecule has 1 atom stereocenters. The van der Waals surface area contributed by atoms with Gasteiger partial charge in [-0.1, -0.05) is 12.1 Å². The van der Waals surface area contributed by atoms with E-state index >= 15 is 0 Å². The Kier molecular flexibility index (Phi) is 4.99. The Hall–Kier alpha value is -0.870. The molecule has 1 saturated heterocycles. The summed E-state index contributed by atoms with van der Waals surface area (Å²) in [6.07, 6.45) is 2.56. The van der Waals surface area contributed by atoms with Gasteiger partial charge in [0.15, 0.2) is 0 Å². The zero-order valence-corrected chi connectivity index (χ0v) is 13.2. The van der Waals surface area contributed by atoms with Gasteiger partial charge in [0.25, 0.3) is 5.91 Å². The van der Waals surface area contributed by atoms with E-state index in [0.717, 1.165) is 23.1 Å². The third-order valence-electron chi connectivity index (χ3n) is 3.76. The van der Waals surface area contributed by atoms with Crippen molar-refractivity contribution in [3.05, 3.63) is 33.8 Å². The van der Waals surface area contributed by atoms with Gasteiger partial charge in [0, 0.05) is 17.1 Å². The lowest BCUT2D eigenvalue weighted by molar-refractivity contribution is 0.0939. The lowest BCUT2D eigenvalue weighted by Gasteiger charge is -2.24. The fraction of sp³-hybridized carbons (Fsp3) is 0.533. The second-order valence-corrected chi connectivity index (χ2v) is 6.03. The summed E-state index contributed by atoms with van der Waals surface area (Å²) in [5.74, 6) is 0.00150. The predicted octanol–water partition coefficient (Wildman–Crippen LogP) is 2.97. The van der Waals surface area contributed by atoms with E-state index in [1.165, 1.54) is 12.8 Å². The number of carbonyl (C=O) groups excluding carboxylic acids is 1. The summed E-state index contributed by atoms with van der Waals surface area (Å²) in [7, 11) is 0. The summed E-state index contributed by atoms with van der Waals surface area (Å²) in [6.45, 7) is 7.19. The normalized spacial score (nSPS) is 17.4. The van der Waals surface area contributed by atoms with Crippen LogP contribution in [0.15, 0.2) is 22.7 Å². The van der Waals surface area contributed by atoms with Crippen LogP contribution in [-0.2, 0) is 0 Å². The highest BCUT2D eigenvalue weighted by Gasteiger charge is 2.19. The van der Waals surface area contributed by atoms with Crippen LogP contribution in [0.5, 0.6) is 0 Å². The molecule has 1 amide bonds. The van der Waals surface area contributed by atoms with Gasteiger partial charge in [-0.25, -0.2) is 0 Å². The Bertz CT molecular complexity index is 455. The Morgan fingerprint density at radius 1 is 1.42 bits per heavy atom. The Morgan fingerprint density at radius 2 is 2.11 bits per heavy atom. The molecule has 1 aromatic rings. The second-order valence-electron chi connectivity index (χ2n) is 5.24. The molecule has 0 spiro atoms. The van der Waals surface area contributed by atoms with Gasteiger partial charge in [-0.05, 0) is 67.3 Å². The molecule has 1 unspecified atom stereocenters. The van der Waals surface area contributed by atoms with E-state index in [-0.39, 0.29) is 5.91 Å². The SMILES string of the molecule is Cc1cccc(C(=O)NCC(C)N2CCCC2)c1Br. The molecule has 1 aromatic carbocycles. The van der Waals surface area contributed by atoms with E-state index in [2.05, 4.69) is 33.1 Å². The number of hydrogen-bond acceptors (Lipinski definition) is 2. The number of carbonyl (C=O) groups is 1. The summed E-state index contributed by atoms with van der Waals surface area (Å²) < 4.78 is 0.890. The van der Waals surface area contributed by atoms with Crippen LogP contribution in [0.3, 0.4) is 0 Å². The molecule has 0 radical (unpaired) electrons. The first-order valence-corrected chi connectivity index (χ1v) is 7.66. The van der Waals surface area contributed by atoms with Crippen molar-refractivity contribution >= 4 is 21.8 Å². The zero-order chi connectivity index (χ0) is 13.8. The van der Waals surface area contributed by atoms with E-state index in [4.69, 9.17) is 0 Å². The van der Waals surface area contributed by atoms with Crippen LogP contribution in [-0.4, -0.2) is 36.5 Å². The third-order valence-corrected chi connectivity index (χ3v) is 4.81. The van der Waals surface area contributed by atoms with Crippen molar-refractivity contribution in [2.75, 3.05) is 19.6 Å². The maximum atomic E-state index is 12.2. The monoisotopic (exact) mass is 324 g/mol. The molecule has 0 aromatic heterocycles. The molecule has 1 aliphatic rings. The van der Waals surface area contributed by atoms with E-state index in [1.807, 2.05) is 25.1 Å². The van der Waals surface area contributed by atoms with Gasteiger partial charge in [-0.2, -0.15) is 0 Å². The number of rotatable bonds is 4. The number of aryl methyl sites for hydroxylation is 1. The fourth-order valence-corrected chi connectivity index (χ4v) is 2.91. The summed E-state index contributed by atoms with van der Waals surface area (Å²) in [5, 5.41) is 3.03. The average Bonchev–Trinajstić information content (AvgIpc) is 2.93. The van der Waals surface area contributed by atoms with Crippen molar-refractivity contribution < 1.29 is 4.79 Å². The van der Waals surface area contributed by atoms with E-state index in [9.17, 15) is 4.79 Å². The van der Waals surface area contributed by atoms with Crippen LogP contribution in [0.4, 0.5) is 0 Å². The van der Waals surface area contributed by atoms with Crippen LogP contribution < -0.4 is 5.32 Å². The molecule has 1 aliphatic heterocycles. The molecule has 4 heteroatoms. The summed E-state index contributed by atoms with van der Waals surface area (Å²) in [4.78, 5) is 14.6. The van der Waals surface area contributed by atoms with E-state index in [0.29, 0.717) is 18.2 Å². The number of halogens is 1. The Morgan fingerprint density at radius 3 is 2.79 bits per heavy atom. The van der Waals surface area contributed by atoms with Crippen LogP contribution >= 0.6 is 15.9 Å². The van der Waals surface area contributed by atoms with Gasteiger partial charge in [0.1, 0.15) is 0 Å². The predicted molar refractivity (Wildman–Crippen MR) is 81.5 cm³/mol. The van der Waals surface area contributed by atoms with Crippen LogP contribution in [0.2, 0.25) is 0 Å². The summed E-state index contributed by atoms with van der Waals surface area (Å²) in [5.41, 5.74) is 1.80. The molecule has 19 heavy (non-hydrogen) atoms. The lowest BCUT2D eigenvalue weighted by Crippen LogP contribution is -2.40. The van der Waals surface area contributed by atoms with Crippen molar-refractivity contribution in [3.8, 4) is 0 Å². The first kappa shape index (κ1) is 14.5. The number of nitrogens with zero attached hydrogens (tertiary/aromatic N) is 1. The first-order chi connectivity index (χ1) is 9.09. The van der Waals surface area contributed by atoms with Gasteiger partial charge in [0.05, 0.1) is 5.56 Å². The number of hydrogen-bond donors (Lipinski definition) is 1. The number of nitrogens with one attached hydrogen (secondary N) is 1. The summed E-state index contributed by atoms with van der Waals surface area (Å²) >= 11 is 3.48. The molecule has 1 N–H and O–H groups in total. The van der Waals surface area contributed by atoms with Gasteiger partial charge in [0.2, 0.25) is 0 Å². The second kappa shape index (κ2) is 6.53. The van der Waals surface area contributed by atoms with Crippen molar-refractivity contribution in [1.29, 1.82) is 0 Å². The number of benzene rings is 1. The van der Waals surface area contributed by atoms with Crippen molar-refractivity contribution in [1.82, 2.24) is 10.2 Å². The van der Waals surface area contributed by atoms with Crippen molar-refractivity contribution in [2.24, 2.45) is 0 Å². The molecule has 1 heterocycles. The molecule has 0 aliphatic carbocycles. The zero-order valence-electron chi connectivity index (χ0n) is 11.6. The molecular formula is C15H21BrN2O. The molecular weight excluding hydrogens is 304 g/mol. The topological polar surface area (TPSA) is 32.3 Å². The van der Waals surface area contributed by atoms with Gasteiger partial charge in [-0.3, -0.25) is 9.69 Å². The molecule has 104 valence electrons. The maximum Gasteiger partial charge on any atom is 0.252 e. The van der Waals surface area contributed by atoms with Gasteiger partial charge >= 0.3 is 0 Å². The van der Waals surface area contributed by atoms with Crippen molar-refractivity contribution in [2.45, 2.75) is 32.7 Å². The van der Waals surface area contributed by atoms with E-state index < -0.39 is 0 Å². The van der Waals surface area contributed by atoms with Crippen LogP contribution in [0.1, 0.15) is 35.7 Å². The minimum Gasteiger partial charge on any atom is -0.350 e. The average molecular weight is 325 g/mol. The summed E-state index contributed by atoms with van der Waals surface area (Å²) in [6, 6.07) is 6.18. The fourth-order valence-electron chi connectivity index (χ4n) is 2.47. The van der Waals surface area contributed by atoms with E-state index in [1.54, 1.807) is 0 Å². The smallest absolute Gasteiger partial charge is 0.252 e. The van der Waals surface area contributed by atoms with Gasteiger partial charge in [-0.15, -0.1) is 0 Å². The first-order valence-electron chi connectivity index (χ1n) is 6.87. The van der Waals surface area contributed by atoms with Crippen LogP contribution in [0.25, 0.3) is 0 Å². The minimum atomic E-state index is 0.00150. The standard InChI is InChI=1S/C15H21BrN2O/c1-11-6-5-7-13(14(11)16)15(19)17-10-12(2)18-8-3-4-9-18/h5-7,12H,3-4,8-10H2,1-2H3,(H,17,19). The third kappa shape index (κ3) is 3.57. The molecule has 0 saturated carbocycles.